The molecule has 112 valence electrons. The van der Waals surface area contributed by atoms with Crippen LogP contribution in [0.15, 0.2) is 22.7 Å². The summed E-state index contributed by atoms with van der Waals surface area (Å²) in [6, 6.07) is 6.01. The van der Waals surface area contributed by atoms with Crippen LogP contribution in [-0.2, 0) is 4.74 Å². The summed E-state index contributed by atoms with van der Waals surface area (Å²) in [5, 5.41) is 4.35. The highest BCUT2D eigenvalue weighted by atomic mass is 79.9. The van der Waals surface area contributed by atoms with Crippen molar-refractivity contribution in [3.8, 4) is 0 Å². The van der Waals surface area contributed by atoms with Gasteiger partial charge in [-0.1, -0.05) is 41.4 Å². The van der Waals surface area contributed by atoms with Crippen LogP contribution < -0.4 is 5.32 Å². The number of ether oxygens (including phenoxy) is 1. The van der Waals surface area contributed by atoms with E-state index in [1.165, 1.54) is 6.42 Å². The van der Waals surface area contributed by atoms with Crippen LogP contribution in [0.5, 0.6) is 0 Å². The molecule has 0 aromatic heterocycles. The van der Waals surface area contributed by atoms with E-state index in [2.05, 4.69) is 41.2 Å². The van der Waals surface area contributed by atoms with Gasteiger partial charge in [0.05, 0.1) is 6.10 Å². The van der Waals surface area contributed by atoms with E-state index < -0.39 is 0 Å². The molecule has 0 spiro atoms. The zero-order valence-corrected chi connectivity index (χ0v) is 14.5. The highest BCUT2D eigenvalue weighted by molar-refractivity contribution is 9.10. The van der Waals surface area contributed by atoms with E-state index in [9.17, 15) is 0 Å². The van der Waals surface area contributed by atoms with Crippen LogP contribution in [0.25, 0.3) is 0 Å². The van der Waals surface area contributed by atoms with Gasteiger partial charge >= 0.3 is 0 Å². The van der Waals surface area contributed by atoms with Crippen LogP contribution in [0.3, 0.4) is 0 Å². The lowest BCUT2D eigenvalue weighted by atomic mass is 9.89. The first kappa shape index (κ1) is 16.3. The Bertz CT molecular complexity index is 438. The van der Waals surface area contributed by atoms with Crippen molar-refractivity contribution < 1.29 is 4.74 Å². The molecule has 0 amide bonds. The third kappa shape index (κ3) is 4.45. The van der Waals surface area contributed by atoms with Crippen LogP contribution in [0.2, 0.25) is 5.02 Å². The first-order chi connectivity index (χ1) is 9.58. The van der Waals surface area contributed by atoms with Gasteiger partial charge in [-0.15, -0.1) is 0 Å². The second-order valence-electron chi connectivity index (χ2n) is 5.91. The second-order valence-corrected chi connectivity index (χ2v) is 7.23. The lowest BCUT2D eigenvalue weighted by Gasteiger charge is -2.33. The van der Waals surface area contributed by atoms with Crippen molar-refractivity contribution >= 4 is 27.5 Å². The third-order valence-electron chi connectivity index (χ3n) is 3.67. The molecule has 1 aromatic carbocycles. The molecule has 2 rings (SSSR count). The van der Waals surface area contributed by atoms with Crippen LogP contribution in [0.4, 0.5) is 0 Å². The molecule has 1 aliphatic heterocycles. The summed E-state index contributed by atoms with van der Waals surface area (Å²) in [5.74, 6) is 1.17. The molecule has 2 nitrogen and oxygen atoms in total. The first-order valence-corrected chi connectivity index (χ1v) is 8.52. The fourth-order valence-corrected chi connectivity index (χ4v) is 3.29. The van der Waals surface area contributed by atoms with Gasteiger partial charge in [-0.3, -0.25) is 0 Å². The molecular weight excluding hydrogens is 338 g/mol. The van der Waals surface area contributed by atoms with E-state index in [4.69, 9.17) is 16.3 Å². The van der Waals surface area contributed by atoms with E-state index >= 15 is 0 Å². The molecular formula is C16H23BrClNO. The highest BCUT2D eigenvalue weighted by Crippen LogP contribution is 2.37. The van der Waals surface area contributed by atoms with Crippen LogP contribution >= 0.6 is 27.5 Å². The van der Waals surface area contributed by atoms with Gasteiger partial charge in [0.25, 0.3) is 0 Å². The number of halogens is 2. The zero-order valence-electron chi connectivity index (χ0n) is 12.2. The normalized spacial score (nSPS) is 23.2. The SMILES string of the molecule is CC(C)CNCC1CCCOC1c1cc(Br)ccc1Cl. The van der Waals surface area contributed by atoms with E-state index in [-0.39, 0.29) is 6.10 Å². The van der Waals surface area contributed by atoms with Crippen LogP contribution in [0.1, 0.15) is 38.4 Å². The fourth-order valence-electron chi connectivity index (χ4n) is 2.69. The molecule has 20 heavy (non-hydrogen) atoms. The molecule has 1 heterocycles. The van der Waals surface area contributed by atoms with E-state index in [1.807, 2.05) is 12.1 Å². The number of hydrogen-bond acceptors (Lipinski definition) is 2. The topological polar surface area (TPSA) is 21.3 Å². The van der Waals surface area contributed by atoms with Crippen molar-refractivity contribution in [1.29, 1.82) is 0 Å². The summed E-state index contributed by atoms with van der Waals surface area (Å²) in [6.07, 6.45) is 2.43. The second kappa shape index (κ2) is 7.79. The molecule has 1 N–H and O–H groups in total. The number of nitrogens with one attached hydrogen (secondary N) is 1. The summed E-state index contributed by atoms with van der Waals surface area (Å²) in [5.41, 5.74) is 1.11. The maximum absolute atomic E-state index is 6.36. The molecule has 0 bridgehead atoms. The molecule has 0 radical (unpaired) electrons. The van der Waals surface area contributed by atoms with E-state index in [0.717, 1.165) is 41.2 Å². The quantitative estimate of drug-likeness (QED) is 0.813. The number of rotatable bonds is 5. The Hall–Kier alpha value is -0.0900. The van der Waals surface area contributed by atoms with Crippen LogP contribution in [0, 0.1) is 11.8 Å². The lowest BCUT2D eigenvalue weighted by molar-refractivity contribution is -0.0278. The maximum Gasteiger partial charge on any atom is 0.0879 e. The fraction of sp³-hybridized carbons (Fsp3) is 0.625. The minimum Gasteiger partial charge on any atom is -0.373 e. The van der Waals surface area contributed by atoms with Gasteiger partial charge in [0.2, 0.25) is 0 Å². The number of benzene rings is 1. The lowest BCUT2D eigenvalue weighted by Crippen LogP contribution is -2.33. The first-order valence-electron chi connectivity index (χ1n) is 7.35. The summed E-state index contributed by atoms with van der Waals surface area (Å²) in [7, 11) is 0. The van der Waals surface area contributed by atoms with Crippen LogP contribution in [-0.4, -0.2) is 19.7 Å². The Kier molecular flexibility index (Phi) is 6.34. The van der Waals surface area contributed by atoms with E-state index in [1.54, 1.807) is 0 Å². The average Bonchev–Trinajstić information content (AvgIpc) is 2.42. The summed E-state index contributed by atoms with van der Waals surface area (Å²) in [6.45, 7) is 7.33. The Balaban J connectivity index is 2.07. The van der Waals surface area contributed by atoms with Gasteiger partial charge in [-0.05, 0) is 43.5 Å². The highest BCUT2D eigenvalue weighted by Gasteiger charge is 2.28. The Labute approximate surface area is 135 Å². The molecule has 2 unspecified atom stereocenters. The Morgan fingerprint density at radius 1 is 1.45 bits per heavy atom. The van der Waals surface area contributed by atoms with Crippen molar-refractivity contribution in [3.05, 3.63) is 33.3 Å². The molecule has 4 heteroatoms. The summed E-state index contributed by atoms with van der Waals surface area (Å²) < 4.78 is 7.08. The molecule has 0 saturated carbocycles. The van der Waals surface area contributed by atoms with E-state index in [0.29, 0.717) is 11.8 Å². The predicted molar refractivity (Wildman–Crippen MR) is 88.3 cm³/mol. The Morgan fingerprint density at radius 2 is 2.25 bits per heavy atom. The maximum atomic E-state index is 6.36. The molecule has 1 fully saturated rings. The monoisotopic (exact) mass is 359 g/mol. The van der Waals surface area contributed by atoms with Crippen molar-refractivity contribution in [2.45, 2.75) is 32.8 Å². The average molecular weight is 361 g/mol. The van der Waals surface area contributed by atoms with Crippen molar-refractivity contribution in [3.63, 3.8) is 0 Å². The predicted octanol–water partition coefficient (Wildman–Crippen LogP) is 4.82. The number of hydrogen-bond donors (Lipinski definition) is 1. The van der Waals surface area contributed by atoms with Gasteiger partial charge in [-0.25, -0.2) is 0 Å². The molecule has 2 atom stereocenters. The molecule has 1 aliphatic rings. The summed E-state index contributed by atoms with van der Waals surface area (Å²) in [4.78, 5) is 0. The molecule has 0 aliphatic carbocycles. The smallest absolute Gasteiger partial charge is 0.0879 e. The molecule has 1 saturated heterocycles. The molecule has 1 aromatic rings. The summed E-state index contributed by atoms with van der Waals surface area (Å²) >= 11 is 9.88. The zero-order chi connectivity index (χ0) is 14.5. The van der Waals surface area contributed by atoms with Gasteiger partial charge in [-0.2, -0.15) is 0 Å². The van der Waals surface area contributed by atoms with Gasteiger partial charge in [0.15, 0.2) is 0 Å². The largest absolute Gasteiger partial charge is 0.373 e. The minimum absolute atomic E-state index is 0.105. The van der Waals surface area contributed by atoms with Gasteiger partial charge in [0.1, 0.15) is 0 Å². The van der Waals surface area contributed by atoms with Gasteiger partial charge < -0.3 is 10.1 Å². The van der Waals surface area contributed by atoms with Crippen molar-refractivity contribution in [2.75, 3.05) is 19.7 Å². The van der Waals surface area contributed by atoms with Gasteiger partial charge in [0, 0.05) is 34.1 Å². The van der Waals surface area contributed by atoms with Crippen molar-refractivity contribution in [2.24, 2.45) is 11.8 Å². The third-order valence-corrected chi connectivity index (χ3v) is 4.51. The minimum atomic E-state index is 0.105. The standard InChI is InChI=1S/C16H23BrClNO/c1-11(2)9-19-10-12-4-3-7-20-16(12)14-8-13(17)5-6-15(14)18/h5-6,8,11-12,16,19H,3-4,7,9-10H2,1-2H3. The van der Waals surface area contributed by atoms with Crippen molar-refractivity contribution in [1.82, 2.24) is 5.32 Å². The Morgan fingerprint density at radius 3 is 3.00 bits per heavy atom.